The highest BCUT2D eigenvalue weighted by atomic mass is 16.2. The van der Waals surface area contributed by atoms with Crippen LogP contribution in [0.3, 0.4) is 0 Å². The summed E-state index contributed by atoms with van der Waals surface area (Å²) in [5.41, 5.74) is 8.20. The van der Waals surface area contributed by atoms with E-state index in [1.54, 1.807) is 0 Å². The summed E-state index contributed by atoms with van der Waals surface area (Å²) >= 11 is 0. The summed E-state index contributed by atoms with van der Waals surface area (Å²) < 4.78 is 2.31. The molecule has 1 aromatic rings. The van der Waals surface area contributed by atoms with Gasteiger partial charge < -0.3 is 15.2 Å². The van der Waals surface area contributed by atoms with Crippen LogP contribution in [0.2, 0.25) is 0 Å². The zero-order valence-electron chi connectivity index (χ0n) is 12.4. The van der Waals surface area contributed by atoms with Gasteiger partial charge in [-0.1, -0.05) is 0 Å². The largest absolute Gasteiger partial charge is 0.345 e. The van der Waals surface area contributed by atoms with Crippen molar-refractivity contribution in [1.29, 1.82) is 0 Å². The van der Waals surface area contributed by atoms with Crippen molar-refractivity contribution in [3.8, 4) is 0 Å². The van der Waals surface area contributed by atoms with Crippen LogP contribution in [0.4, 0.5) is 0 Å². The molecule has 1 aromatic heterocycles. The predicted molar refractivity (Wildman–Crippen MR) is 76.8 cm³/mol. The van der Waals surface area contributed by atoms with Gasteiger partial charge in [0, 0.05) is 36.4 Å². The van der Waals surface area contributed by atoms with E-state index in [0.29, 0.717) is 6.42 Å². The molecule has 0 fully saturated rings. The lowest BCUT2D eigenvalue weighted by Gasteiger charge is -2.36. The topological polar surface area (TPSA) is 51.3 Å². The van der Waals surface area contributed by atoms with E-state index in [1.165, 1.54) is 11.4 Å². The van der Waals surface area contributed by atoms with E-state index < -0.39 is 0 Å². The van der Waals surface area contributed by atoms with E-state index in [4.69, 9.17) is 5.73 Å². The number of aromatic nitrogens is 1. The van der Waals surface area contributed by atoms with Gasteiger partial charge in [0.2, 0.25) is 5.91 Å². The molecule has 1 aliphatic rings. The van der Waals surface area contributed by atoms with E-state index in [1.807, 2.05) is 18.7 Å². The molecule has 0 spiro atoms. The highest BCUT2D eigenvalue weighted by molar-refractivity contribution is 5.77. The first-order valence-electron chi connectivity index (χ1n) is 7.04. The van der Waals surface area contributed by atoms with Gasteiger partial charge in [-0.05, 0) is 46.2 Å². The van der Waals surface area contributed by atoms with Crippen molar-refractivity contribution in [2.45, 2.75) is 58.7 Å². The minimum absolute atomic E-state index is 0.163. The molecule has 4 nitrogen and oxygen atoms in total. The highest BCUT2D eigenvalue weighted by Gasteiger charge is 2.28. The van der Waals surface area contributed by atoms with E-state index in [0.717, 1.165) is 19.5 Å². The van der Waals surface area contributed by atoms with Crippen LogP contribution in [0.25, 0.3) is 0 Å². The van der Waals surface area contributed by atoms with Crippen LogP contribution < -0.4 is 5.73 Å². The number of amides is 1. The Labute approximate surface area is 115 Å². The molecule has 1 unspecified atom stereocenters. The van der Waals surface area contributed by atoms with Crippen LogP contribution in [0.5, 0.6) is 0 Å². The number of carbonyl (C=O) groups excluding carboxylic acids is 1. The van der Waals surface area contributed by atoms with Crippen molar-refractivity contribution in [2.24, 2.45) is 5.73 Å². The summed E-state index contributed by atoms with van der Waals surface area (Å²) in [7, 11) is 0. The fraction of sp³-hybridized carbons (Fsp3) is 0.667. The molecule has 106 valence electrons. The van der Waals surface area contributed by atoms with E-state index in [2.05, 4.69) is 30.5 Å². The molecule has 0 aliphatic carbocycles. The van der Waals surface area contributed by atoms with Gasteiger partial charge in [-0.25, -0.2) is 0 Å². The number of hydrogen-bond donors (Lipinski definition) is 1. The zero-order valence-corrected chi connectivity index (χ0v) is 12.4. The minimum atomic E-state index is -0.272. The number of nitrogens with zero attached hydrogens (tertiary/aromatic N) is 2. The van der Waals surface area contributed by atoms with Gasteiger partial charge in [0.1, 0.15) is 0 Å². The van der Waals surface area contributed by atoms with E-state index in [-0.39, 0.29) is 17.5 Å². The van der Waals surface area contributed by atoms with Crippen LogP contribution >= 0.6 is 0 Å². The van der Waals surface area contributed by atoms with Crippen LogP contribution in [0.15, 0.2) is 12.1 Å². The lowest BCUT2D eigenvalue weighted by atomic mass is 9.99. The molecular formula is C15H25N3O. The summed E-state index contributed by atoms with van der Waals surface area (Å²) in [5, 5.41) is 0. The Kier molecular flexibility index (Phi) is 3.72. The number of carbonyl (C=O) groups is 1. The summed E-state index contributed by atoms with van der Waals surface area (Å²) in [4.78, 5) is 14.3. The molecule has 2 N–H and O–H groups in total. The Hall–Kier alpha value is -1.29. The summed E-state index contributed by atoms with van der Waals surface area (Å²) in [5.74, 6) is 0.219. The van der Waals surface area contributed by atoms with Crippen LogP contribution in [-0.2, 0) is 11.3 Å². The Balaban J connectivity index is 2.05. The lowest BCUT2D eigenvalue weighted by Crippen LogP contribution is -2.42. The molecule has 0 radical (unpaired) electrons. The van der Waals surface area contributed by atoms with Crippen molar-refractivity contribution in [3.63, 3.8) is 0 Å². The molecule has 2 heterocycles. The van der Waals surface area contributed by atoms with E-state index in [9.17, 15) is 4.79 Å². The molecule has 4 heteroatoms. The first kappa shape index (κ1) is 14.1. The molecular weight excluding hydrogens is 238 g/mol. The monoisotopic (exact) mass is 263 g/mol. The first-order valence-corrected chi connectivity index (χ1v) is 7.04. The van der Waals surface area contributed by atoms with Crippen molar-refractivity contribution in [3.05, 3.63) is 23.5 Å². The number of nitrogens with two attached hydrogens (primary N) is 1. The average molecular weight is 263 g/mol. The molecule has 0 bridgehead atoms. The van der Waals surface area contributed by atoms with Crippen LogP contribution in [-0.4, -0.2) is 27.5 Å². The number of rotatable bonds is 3. The molecule has 0 saturated heterocycles. The standard InChI is InChI=1S/C15H25N3O/c1-11-5-6-13-12(2)18(10-9-17(11)13)14(19)7-8-15(3,4)16/h5-6,12H,7-10,16H2,1-4H3. The van der Waals surface area contributed by atoms with Gasteiger partial charge in [-0.15, -0.1) is 0 Å². The Morgan fingerprint density at radius 3 is 2.74 bits per heavy atom. The number of aryl methyl sites for hydroxylation is 1. The molecule has 1 atom stereocenters. The maximum Gasteiger partial charge on any atom is 0.223 e. The van der Waals surface area contributed by atoms with Gasteiger partial charge in [-0.2, -0.15) is 0 Å². The first-order chi connectivity index (χ1) is 8.79. The molecule has 1 aliphatic heterocycles. The number of fused-ring (bicyclic) bond motifs is 1. The van der Waals surface area contributed by atoms with Gasteiger partial charge >= 0.3 is 0 Å². The third-order valence-corrected chi connectivity index (χ3v) is 4.00. The highest BCUT2D eigenvalue weighted by Crippen LogP contribution is 2.28. The van der Waals surface area contributed by atoms with Crippen molar-refractivity contribution >= 4 is 5.91 Å². The average Bonchev–Trinajstić information content (AvgIpc) is 2.69. The molecule has 0 saturated carbocycles. The minimum Gasteiger partial charge on any atom is -0.345 e. The third kappa shape index (κ3) is 3.00. The van der Waals surface area contributed by atoms with Crippen LogP contribution in [0, 0.1) is 6.92 Å². The summed E-state index contributed by atoms with van der Waals surface area (Å²) in [6, 6.07) is 4.42. The Bertz CT molecular complexity index is 470. The molecule has 1 amide bonds. The van der Waals surface area contributed by atoms with Crippen molar-refractivity contribution in [1.82, 2.24) is 9.47 Å². The third-order valence-electron chi connectivity index (χ3n) is 4.00. The Morgan fingerprint density at radius 2 is 2.11 bits per heavy atom. The fourth-order valence-corrected chi connectivity index (χ4v) is 2.73. The van der Waals surface area contributed by atoms with Crippen molar-refractivity contribution < 1.29 is 4.79 Å². The smallest absolute Gasteiger partial charge is 0.223 e. The normalized spacial score (nSPS) is 19.4. The van der Waals surface area contributed by atoms with Gasteiger partial charge in [0.15, 0.2) is 0 Å². The SMILES string of the molecule is Cc1ccc2n1CCN(C(=O)CCC(C)(C)N)C2C. The van der Waals surface area contributed by atoms with Crippen molar-refractivity contribution in [2.75, 3.05) is 6.54 Å². The van der Waals surface area contributed by atoms with Gasteiger partial charge in [0.25, 0.3) is 0 Å². The van der Waals surface area contributed by atoms with E-state index >= 15 is 0 Å². The predicted octanol–water partition coefficient (Wildman–Crippen LogP) is 2.22. The maximum absolute atomic E-state index is 12.3. The lowest BCUT2D eigenvalue weighted by molar-refractivity contribution is -0.134. The second-order valence-electron chi connectivity index (χ2n) is 6.30. The molecule has 2 rings (SSSR count). The second-order valence-corrected chi connectivity index (χ2v) is 6.30. The fourth-order valence-electron chi connectivity index (χ4n) is 2.73. The zero-order chi connectivity index (χ0) is 14.2. The second kappa shape index (κ2) is 5.00. The molecule has 19 heavy (non-hydrogen) atoms. The molecule has 0 aromatic carbocycles. The summed E-state index contributed by atoms with van der Waals surface area (Å²) in [6.45, 7) is 9.85. The number of hydrogen-bond acceptors (Lipinski definition) is 2. The van der Waals surface area contributed by atoms with Crippen LogP contribution in [0.1, 0.15) is 51.0 Å². The summed E-state index contributed by atoms with van der Waals surface area (Å²) in [6.07, 6.45) is 1.27. The van der Waals surface area contributed by atoms with Gasteiger partial charge in [-0.3, -0.25) is 4.79 Å². The van der Waals surface area contributed by atoms with Gasteiger partial charge in [0.05, 0.1) is 6.04 Å². The Morgan fingerprint density at radius 1 is 1.42 bits per heavy atom. The maximum atomic E-state index is 12.3. The quantitative estimate of drug-likeness (QED) is 0.909.